The molecular formula is C32H26F3N7O3. The third-order valence-electron chi connectivity index (χ3n) is 6.90. The normalized spacial score (nSPS) is 12.6. The minimum absolute atomic E-state index is 0.104. The van der Waals surface area contributed by atoms with Crippen LogP contribution < -0.4 is 15.5 Å². The van der Waals surface area contributed by atoms with Crippen LogP contribution in [0, 0.1) is 6.92 Å². The maximum Gasteiger partial charge on any atom is 0.416 e. The maximum atomic E-state index is 13.1. The molecule has 2 aromatic heterocycles. The zero-order valence-electron chi connectivity index (χ0n) is 23.8. The Morgan fingerprint density at radius 3 is 2.62 bits per heavy atom. The van der Waals surface area contributed by atoms with E-state index in [1.807, 2.05) is 42.2 Å². The Balaban J connectivity index is 1.24. The molecule has 0 saturated heterocycles. The molecule has 0 aliphatic carbocycles. The summed E-state index contributed by atoms with van der Waals surface area (Å²) in [7, 11) is 0. The highest BCUT2D eigenvalue weighted by molar-refractivity contribution is 6.04. The number of alkyl halides is 3. The van der Waals surface area contributed by atoms with Crippen LogP contribution in [0.5, 0.6) is 0 Å². The first-order chi connectivity index (χ1) is 21.7. The quantitative estimate of drug-likeness (QED) is 0.187. The van der Waals surface area contributed by atoms with E-state index in [4.69, 9.17) is 9.47 Å². The summed E-state index contributed by atoms with van der Waals surface area (Å²) < 4.78 is 52.1. The van der Waals surface area contributed by atoms with Gasteiger partial charge >= 0.3 is 6.18 Å². The van der Waals surface area contributed by atoms with Gasteiger partial charge in [-0.1, -0.05) is 42.5 Å². The summed E-state index contributed by atoms with van der Waals surface area (Å²) >= 11 is 0. The maximum absolute atomic E-state index is 13.1. The van der Waals surface area contributed by atoms with Gasteiger partial charge in [-0.3, -0.25) is 14.3 Å². The monoisotopic (exact) mass is 613 g/mol. The van der Waals surface area contributed by atoms with Gasteiger partial charge in [-0.2, -0.15) is 13.2 Å². The van der Waals surface area contributed by atoms with Crippen molar-refractivity contribution < 1.29 is 27.4 Å². The van der Waals surface area contributed by atoms with Crippen LogP contribution in [-0.4, -0.2) is 32.2 Å². The van der Waals surface area contributed by atoms with Crippen molar-refractivity contribution in [1.82, 2.24) is 19.5 Å². The molecule has 5 aromatic rings. The van der Waals surface area contributed by atoms with Crippen LogP contribution in [0.4, 0.5) is 36.3 Å². The van der Waals surface area contributed by atoms with Crippen LogP contribution in [0.25, 0.3) is 5.82 Å². The van der Waals surface area contributed by atoms with Crippen LogP contribution in [0.15, 0.2) is 110 Å². The van der Waals surface area contributed by atoms with E-state index in [0.717, 1.165) is 23.3 Å². The van der Waals surface area contributed by atoms with Crippen molar-refractivity contribution in [2.45, 2.75) is 19.6 Å². The Bertz CT molecular complexity index is 1860. The fourth-order valence-corrected chi connectivity index (χ4v) is 4.61. The summed E-state index contributed by atoms with van der Waals surface area (Å²) in [6.07, 6.45) is 1.77. The Hall–Kier alpha value is -5.85. The summed E-state index contributed by atoms with van der Waals surface area (Å²) in [6, 6.07) is 21.0. The zero-order valence-corrected chi connectivity index (χ0v) is 23.8. The van der Waals surface area contributed by atoms with Crippen molar-refractivity contribution in [1.29, 1.82) is 0 Å². The molecule has 3 aromatic carbocycles. The molecule has 1 aliphatic rings. The first-order valence-electron chi connectivity index (χ1n) is 13.7. The SMILES string of the molecule is Cc1ccc(NC(=O)c2cccc(C(F)(F)F)c2)cc1Nc1nccn1-c1cc(N(Cc2ccccc2)C2=COCO2)ncn1. The second-order valence-electron chi connectivity index (χ2n) is 10.00. The molecule has 0 bridgehead atoms. The van der Waals surface area contributed by atoms with E-state index in [2.05, 4.69) is 25.6 Å². The molecule has 10 nitrogen and oxygen atoms in total. The van der Waals surface area contributed by atoms with E-state index in [-0.39, 0.29) is 12.4 Å². The number of aromatic nitrogens is 4. The summed E-state index contributed by atoms with van der Waals surface area (Å²) in [5, 5.41) is 5.94. The zero-order chi connectivity index (χ0) is 31.4. The molecule has 2 N–H and O–H groups in total. The molecule has 3 heterocycles. The smallest absolute Gasteiger partial charge is 0.416 e. The van der Waals surface area contributed by atoms with Gasteiger partial charge in [-0.05, 0) is 48.4 Å². The van der Waals surface area contributed by atoms with Crippen LogP contribution >= 0.6 is 0 Å². The first-order valence-corrected chi connectivity index (χ1v) is 13.7. The minimum atomic E-state index is -4.56. The fraction of sp³-hybridized carbons (Fsp3) is 0.125. The molecule has 0 fully saturated rings. The lowest BCUT2D eigenvalue weighted by Gasteiger charge is -2.23. The van der Waals surface area contributed by atoms with Crippen molar-refractivity contribution in [2.24, 2.45) is 0 Å². The molecule has 0 atom stereocenters. The molecule has 45 heavy (non-hydrogen) atoms. The Kier molecular flexibility index (Phi) is 8.06. The number of aryl methyl sites for hydroxylation is 1. The van der Waals surface area contributed by atoms with Crippen LogP contribution in [0.2, 0.25) is 0 Å². The topological polar surface area (TPSA) is 106 Å². The van der Waals surface area contributed by atoms with E-state index in [9.17, 15) is 18.0 Å². The second-order valence-corrected chi connectivity index (χ2v) is 10.00. The van der Waals surface area contributed by atoms with Crippen molar-refractivity contribution in [3.8, 4) is 5.82 Å². The Labute approximate surface area is 255 Å². The minimum Gasteiger partial charge on any atom is -0.459 e. The summed E-state index contributed by atoms with van der Waals surface area (Å²) in [5.41, 5.74) is 1.87. The molecular weight excluding hydrogens is 587 g/mol. The van der Waals surface area contributed by atoms with Crippen molar-refractivity contribution in [3.63, 3.8) is 0 Å². The van der Waals surface area contributed by atoms with Gasteiger partial charge in [0.15, 0.2) is 0 Å². The van der Waals surface area contributed by atoms with Gasteiger partial charge in [-0.25, -0.2) is 15.0 Å². The van der Waals surface area contributed by atoms with Gasteiger partial charge in [0, 0.05) is 35.4 Å². The van der Waals surface area contributed by atoms with Crippen LogP contribution in [0.3, 0.4) is 0 Å². The highest BCUT2D eigenvalue weighted by Gasteiger charge is 2.31. The third-order valence-corrected chi connectivity index (χ3v) is 6.90. The van der Waals surface area contributed by atoms with Gasteiger partial charge in [0.05, 0.1) is 12.1 Å². The van der Waals surface area contributed by atoms with E-state index in [0.29, 0.717) is 41.4 Å². The number of carbonyl (C=O) groups excluding carboxylic acids is 1. The van der Waals surface area contributed by atoms with E-state index in [1.54, 1.807) is 41.2 Å². The fourth-order valence-electron chi connectivity index (χ4n) is 4.61. The number of anilines is 4. The predicted octanol–water partition coefficient (Wildman–Crippen LogP) is 6.80. The molecule has 1 aliphatic heterocycles. The summed E-state index contributed by atoms with van der Waals surface area (Å²) in [6.45, 7) is 2.45. The molecule has 0 radical (unpaired) electrons. The largest absolute Gasteiger partial charge is 0.459 e. The van der Waals surface area contributed by atoms with Gasteiger partial charge in [-0.15, -0.1) is 0 Å². The lowest BCUT2D eigenvalue weighted by Crippen LogP contribution is -2.23. The van der Waals surface area contributed by atoms with Gasteiger partial charge < -0.3 is 20.1 Å². The average Bonchev–Trinajstić information content (AvgIpc) is 3.75. The number of amides is 1. The third kappa shape index (κ3) is 6.72. The molecule has 0 saturated carbocycles. The first kappa shape index (κ1) is 29.2. The summed E-state index contributed by atoms with van der Waals surface area (Å²) in [5.74, 6) is 1.35. The predicted molar refractivity (Wildman–Crippen MR) is 161 cm³/mol. The number of imidazole rings is 1. The van der Waals surface area contributed by atoms with Crippen molar-refractivity contribution >= 4 is 29.0 Å². The second kappa shape index (κ2) is 12.4. The molecule has 1 amide bonds. The van der Waals surface area contributed by atoms with Crippen molar-refractivity contribution in [3.05, 3.63) is 132 Å². The molecule has 0 spiro atoms. The highest BCUT2D eigenvalue weighted by atomic mass is 19.4. The number of ether oxygens (including phenoxy) is 2. The average molecular weight is 614 g/mol. The molecule has 6 rings (SSSR count). The van der Waals surface area contributed by atoms with Crippen LogP contribution in [0.1, 0.15) is 27.0 Å². The number of halogens is 3. The standard InChI is InChI=1S/C32H26F3N7O3/c1-21-10-11-25(39-30(43)23-8-5-9-24(14-23)32(33,34)35)15-26(21)40-31-36-12-13-41(31)27-16-28(38-19-37-27)42(29-18-44-20-45-29)17-22-6-3-2-4-7-22/h2-16,18-19H,17,20H2,1H3,(H,36,40)(H,39,43). The lowest BCUT2D eigenvalue weighted by atomic mass is 10.1. The lowest BCUT2D eigenvalue weighted by molar-refractivity contribution is -0.137. The van der Waals surface area contributed by atoms with E-state index < -0.39 is 17.6 Å². The number of rotatable bonds is 9. The number of carbonyl (C=O) groups is 1. The number of hydrogen-bond donors (Lipinski definition) is 2. The Morgan fingerprint density at radius 1 is 1.00 bits per heavy atom. The van der Waals surface area contributed by atoms with Crippen LogP contribution in [-0.2, 0) is 22.2 Å². The number of hydrogen-bond acceptors (Lipinski definition) is 8. The van der Waals surface area contributed by atoms with Gasteiger partial charge in [0.25, 0.3) is 5.91 Å². The van der Waals surface area contributed by atoms with E-state index >= 15 is 0 Å². The van der Waals surface area contributed by atoms with E-state index in [1.165, 1.54) is 24.7 Å². The molecule has 13 heteroatoms. The van der Waals surface area contributed by atoms with Gasteiger partial charge in [0.1, 0.15) is 24.2 Å². The number of nitrogens with one attached hydrogen (secondary N) is 2. The molecule has 0 unspecified atom stereocenters. The highest BCUT2D eigenvalue weighted by Crippen LogP contribution is 2.31. The molecule has 228 valence electrons. The Morgan fingerprint density at radius 2 is 1.84 bits per heavy atom. The summed E-state index contributed by atoms with van der Waals surface area (Å²) in [4.78, 5) is 28.0. The number of nitrogens with zero attached hydrogens (tertiary/aromatic N) is 5. The van der Waals surface area contributed by atoms with Crippen molar-refractivity contribution in [2.75, 3.05) is 22.3 Å². The number of benzene rings is 3. The van der Waals surface area contributed by atoms with Gasteiger partial charge in [0.2, 0.25) is 18.6 Å².